The number of β-amino-alcohol motifs (C(OH)–C–C–N with tert-alkyl or cyclic N) is 1. The zero-order chi connectivity index (χ0) is 42.3. The third kappa shape index (κ3) is 20.2. The van der Waals surface area contributed by atoms with Crippen molar-refractivity contribution in [2.24, 2.45) is 11.8 Å². The van der Waals surface area contributed by atoms with E-state index in [4.69, 9.17) is 28.3 Å². The fraction of sp³-hybridized carbons (Fsp3) is 0.468. The third-order valence-electron chi connectivity index (χ3n) is 10.7. The van der Waals surface area contributed by atoms with E-state index < -0.39 is 29.6 Å². The van der Waals surface area contributed by atoms with Crippen LogP contribution in [0.2, 0.25) is 10.0 Å². The van der Waals surface area contributed by atoms with Crippen molar-refractivity contribution in [3.63, 3.8) is 0 Å². The summed E-state index contributed by atoms with van der Waals surface area (Å²) < 4.78 is 75.9. The fourth-order valence-electron chi connectivity index (χ4n) is 7.51. The van der Waals surface area contributed by atoms with E-state index in [9.17, 15) is 36.2 Å². The number of alkyl halides is 6. The van der Waals surface area contributed by atoms with E-state index in [0.29, 0.717) is 40.5 Å². The van der Waals surface area contributed by atoms with Crippen LogP contribution >= 0.6 is 23.2 Å². The van der Waals surface area contributed by atoms with Gasteiger partial charge in [-0.25, -0.2) is 0 Å². The number of ketones is 1. The van der Waals surface area contributed by atoms with Gasteiger partial charge in [-0.3, -0.25) is 9.69 Å². The zero-order valence-corrected chi connectivity index (χ0v) is 37.7. The zero-order valence-electron chi connectivity index (χ0n) is 35.2. The predicted octanol–water partition coefficient (Wildman–Crippen LogP) is 9.24. The van der Waals surface area contributed by atoms with Gasteiger partial charge in [-0.15, -0.1) is 0 Å². The van der Waals surface area contributed by atoms with Crippen molar-refractivity contribution in [1.82, 2.24) is 9.80 Å². The maximum atomic E-state index is 12.7. The molecule has 2 aliphatic heterocycles. The number of aliphatic hydroxyl groups is 2. The topological polar surface area (TPSA) is 64.0 Å². The van der Waals surface area contributed by atoms with E-state index in [1.165, 1.54) is 0 Å². The fourth-order valence-corrected chi connectivity index (χ4v) is 7.76. The van der Waals surface area contributed by atoms with Crippen molar-refractivity contribution in [1.29, 1.82) is 0 Å². The normalized spacial score (nSPS) is 17.1. The average Bonchev–Trinajstić information content (AvgIpc) is 3.21. The molecule has 0 bridgehead atoms. The Morgan fingerprint density at radius 3 is 1.48 bits per heavy atom. The van der Waals surface area contributed by atoms with Gasteiger partial charge in [0.25, 0.3) is 0 Å². The van der Waals surface area contributed by atoms with Crippen LogP contribution in [-0.2, 0) is 25.2 Å². The summed E-state index contributed by atoms with van der Waals surface area (Å²) in [6, 6.07) is 25.1. The van der Waals surface area contributed by atoms with E-state index in [-0.39, 0.29) is 60.0 Å². The minimum Gasteiger partial charge on any atom is -1.00 e. The van der Waals surface area contributed by atoms with Crippen molar-refractivity contribution in [3.8, 4) is 0 Å². The van der Waals surface area contributed by atoms with E-state index in [1.807, 2.05) is 12.1 Å². The number of halogens is 8. The van der Waals surface area contributed by atoms with Crippen LogP contribution in [0, 0.1) is 11.8 Å². The Morgan fingerprint density at radius 1 is 0.677 bits per heavy atom. The van der Waals surface area contributed by atoms with E-state index in [0.717, 1.165) is 126 Å². The number of hydrogen-bond donors (Lipinski definition) is 2. The number of hydrogen-bond acceptors (Lipinski definition) is 5. The van der Waals surface area contributed by atoms with Gasteiger partial charge in [-0.05, 0) is 154 Å². The van der Waals surface area contributed by atoms with Crippen molar-refractivity contribution in [2.75, 3.05) is 46.4 Å². The van der Waals surface area contributed by atoms with Crippen molar-refractivity contribution in [2.45, 2.75) is 84.7 Å². The molecule has 2 aliphatic rings. The smallest absolute Gasteiger partial charge is 1.00 e. The van der Waals surface area contributed by atoms with Crippen LogP contribution in [0.3, 0.4) is 0 Å². The van der Waals surface area contributed by atoms with Crippen LogP contribution in [0.4, 0.5) is 26.3 Å². The van der Waals surface area contributed by atoms with E-state index in [1.54, 1.807) is 60.7 Å². The number of carbonyl (C=O) groups is 1. The van der Waals surface area contributed by atoms with Crippen LogP contribution in [0.15, 0.2) is 97.1 Å². The number of benzene rings is 4. The second kappa shape index (κ2) is 29.2. The predicted molar refractivity (Wildman–Crippen MR) is 239 cm³/mol. The van der Waals surface area contributed by atoms with Crippen LogP contribution in [0.25, 0.3) is 0 Å². The maximum Gasteiger partial charge on any atom is 1.00 e. The van der Waals surface area contributed by atoms with Gasteiger partial charge in [0.05, 0.1) is 23.8 Å². The first kappa shape index (κ1) is 59.6. The summed E-state index contributed by atoms with van der Waals surface area (Å²) in [4.78, 5) is 16.9. The molecule has 6 rings (SSSR count). The molecule has 0 amide bonds. The first-order chi connectivity index (χ1) is 27.6. The van der Waals surface area contributed by atoms with Crippen LogP contribution in [0.1, 0.15) is 99.1 Å². The molecule has 337 valence electrons. The van der Waals surface area contributed by atoms with E-state index in [2.05, 4.69) is 9.80 Å². The summed E-state index contributed by atoms with van der Waals surface area (Å²) >= 11 is 11.8. The average molecular weight is 921 g/mol. The molecule has 4 aromatic rings. The van der Waals surface area contributed by atoms with Gasteiger partial charge in [0.2, 0.25) is 0 Å². The molecule has 3 unspecified atom stereocenters. The molecule has 5 nitrogen and oxygen atoms in total. The number of rotatable bonds is 12. The van der Waals surface area contributed by atoms with Gasteiger partial charge >= 0.3 is 41.9 Å². The molecule has 0 saturated carbocycles. The van der Waals surface area contributed by atoms with Crippen LogP contribution < -0.4 is 29.6 Å². The van der Waals surface area contributed by atoms with Crippen molar-refractivity contribution < 1.29 is 72.3 Å². The molecular weight excluding hydrogens is 859 g/mol. The summed E-state index contributed by atoms with van der Waals surface area (Å²) in [5, 5.41) is 18.7. The Kier molecular flexibility index (Phi) is 28.1. The number of carbonyl (C=O) groups excluding carboxylic acids is 1. The molecule has 4 aromatic carbocycles. The largest absolute Gasteiger partial charge is 1.00 e. The minimum atomic E-state index is -4.29. The van der Waals surface area contributed by atoms with Crippen molar-refractivity contribution >= 4 is 37.4 Å². The van der Waals surface area contributed by atoms with E-state index >= 15 is 0 Å². The van der Waals surface area contributed by atoms with Gasteiger partial charge < -0.3 is 16.5 Å². The summed E-state index contributed by atoms with van der Waals surface area (Å²) in [5.41, 5.74) is 2.17. The Bertz CT molecular complexity index is 1830. The van der Waals surface area contributed by atoms with Gasteiger partial charge in [-0.2, -0.15) is 26.3 Å². The Balaban J connectivity index is 0. The molecule has 2 heterocycles. The molecule has 2 saturated heterocycles. The first-order valence-electron chi connectivity index (χ1n) is 19.6. The Labute approximate surface area is 400 Å². The first-order valence-corrected chi connectivity index (χ1v) is 20.3. The number of Topliss-reactive ketones (excluding diaryl/α,β-unsaturated/α-hetero) is 1. The monoisotopic (exact) mass is 919 g/mol. The van der Waals surface area contributed by atoms with Gasteiger partial charge in [0, 0.05) is 50.8 Å². The molecule has 2 N–H and O–H groups in total. The minimum absolute atomic E-state index is 0. The summed E-state index contributed by atoms with van der Waals surface area (Å²) in [7, 11) is 1.00. The molecule has 0 spiro atoms. The summed E-state index contributed by atoms with van der Waals surface area (Å²) in [6.45, 7) is 4.58. The number of likely N-dealkylation sites (tertiary alicyclic amines) is 2. The number of aliphatic hydroxyl groups excluding tert-OH is 2. The molecule has 3 radical (unpaired) electrons. The van der Waals surface area contributed by atoms with Crippen molar-refractivity contribution in [3.05, 3.63) is 140 Å². The van der Waals surface area contributed by atoms with Crippen LogP contribution in [0.5, 0.6) is 0 Å². The molecule has 15 heteroatoms. The SMILES string of the molecule is C.C.CO.O=C(CN1CCCC(CCc2ccc(C(F)(F)F)cc2)C1)c1ccc(Cl)cc1.OC(CN1CCCC(CCc2ccc(C(F)(F)F)cc2)C1)c1ccc(Cl)cc1.[B].[H-].[Na+]. The van der Waals surface area contributed by atoms with Gasteiger partial charge in [0.15, 0.2) is 5.78 Å². The van der Waals surface area contributed by atoms with Gasteiger partial charge in [-0.1, -0.05) is 74.5 Å². The maximum absolute atomic E-state index is 12.7. The second-order valence-electron chi connectivity index (χ2n) is 15.0. The number of aryl methyl sites for hydroxylation is 2. The third-order valence-corrected chi connectivity index (χ3v) is 11.2. The standard InChI is InChI=1S/C22H25ClF3NO.C22H23ClF3NO.CH4O.2CH4.B.Na.H/c2*23-20-11-7-18(8-12-20)21(28)15-27-13-1-2-17(14-27)4-3-16-5-9-19(10-6-16)22(24,25)26;1-2;;;;;/h5-12,17,21,28H,1-4,13-15H2;5-12,17H,1-4,13-15H2;2H,1H3;2*1H4;;;/q;;;;;;+1;-1. The van der Waals surface area contributed by atoms with Gasteiger partial charge in [0.1, 0.15) is 0 Å². The molecule has 3 atom stereocenters. The molecule has 2 fully saturated rings. The second-order valence-corrected chi connectivity index (χ2v) is 15.8. The summed E-state index contributed by atoms with van der Waals surface area (Å²) in [6.07, 6.45) is -1.43. The van der Waals surface area contributed by atoms with Crippen LogP contribution in [-0.4, -0.2) is 80.6 Å². The molecular formula is C47H61BCl2F6N2NaO3. The quantitative estimate of drug-likeness (QED) is 0.0844. The molecule has 0 aromatic heterocycles. The summed E-state index contributed by atoms with van der Waals surface area (Å²) in [5.74, 6) is 1.03. The Morgan fingerprint density at radius 2 is 1.06 bits per heavy atom. The number of piperidine rings is 2. The molecule has 0 aliphatic carbocycles. The Hall–Kier alpha value is -2.39. The molecule has 62 heavy (non-hydrogen) atoms. The number of nitrogens with zero attached hydrogens (tertiary/aromatic N) is 2.